The molecule has 0 bridgehead atoms. The van der Waals surface area contributed by atoms with Crippen LogP contribution in [0.5, 0.6) is 0 Å². The lowest BCUT2D eigenvalue weighted by Crippen LogP contribution is -2.14. The summed E-state index contributed by atoms with van der Waals surface area (Å²) in [6, 6.07) is 3.96. The lowest BCUT2D eigenvalue weighted by atomic mass is 10.3. The average molecular weight is 266 g/mol. The molecule has 94 valence electrons. The van der Waals surface area contributed by atoms with E-state index in [1.807, 2.05) is 12.3 Å². The summed E-state index contributed by atoms with van der Waals surface area (Å²) in [6.07, 6.45) is 2.30. The third kappa shape index (κ3) is 2.10. The fourth-order valence-electron chi connectivity index (χ4n) is 1.93. The van der Waals surface area contributed by atoms with Crippen molar-refractivity contribution in [1.82, 2.24) is 4.57 Å². The molecule has 18 heavy (non-hydrogen) atoms. The Morgan fingerprint density at radius 1 is 1.33 bits per heavy atom. The Morgan fingerprint density at radius 2 is 2.11 bits per heavy atom. The summed E-state index contributed by atoms with van der Waals surface area (Å²) in [4.78, 5) is 5.08. The lowest BCUT2D eigenvalue weighted by molar-refractivity contribution is 0.583. The number of rotatable bonds is 2. The summed E-state index contributed by atoms with van der Waals surface area (Å²) < 4.78 is 28.5. The number of aryl methyl sites for hydroxylation is 1. The molecule has 0 aliphatic heterocycles. The van der Waals surface area contributed by atoms with Crippen molar-refractivity contribution in [3.05, 3.63) is 45.7 Å². The van der Waals surface area contributed by atoms with Gasteiger partial charge in [-0.05, 0) is 31.9 Å². The number of hydrogen-bond acceptors (Lipinski definition) is 2. The number of halogens is 2. The smallest absolute Gasteiger partial charge is 0.190 e. The van der Waals surface area contributed by atoms with Gasteiger partial charge in [0.25, 0.3) is 0 Å². The Balaban J connectivity index is 2.11. The van der Waals surface area contributed by atoms with E-state index in [-0.39, 0.29) is 5.69 Å². The molecular formula is C13H12F2N2S. The third-order valence-corrected chi connectivity index (χ3v) is 3.92. The SMILES string of the molecule is Cc1csc(=Nc2ccc(F)cc2F)n1C1CC1. The third-order valence-electron chi connectivity index (χ3n) is 2.96. The molecule has 1 fully saturated rings. The first kappa shape index (κ1) is 11.6. The molecule has 1 saturated carbocycles. The Kier molecular flexibility index (Phi) is 2.78. The Hall–Kier alpha value is -1.49. The molecule has 0 spiro atoms. The van der Waals surface area contributed by atoms with Crippen molar-refractivity contribution in [3.63, 3.8) is 0 Å². The maximum absolute atomic E-state index is 13.6. The minimum absolute atomic E-state index is 0.188. The molecule has 1 aliphatic carbocycles. The fourth-order valence-corrected chi connectivity index (χ4v) is 2.88. The Bertz CT molecular complexity index is 653. The lowest BCUT2D eigenvalue weighted by Gasteiger charge is -2.02. The predicted molar refractivity (Wildman–Crippen MR) is 66.9 cm³/mol. The van der Waals surface area contributed by atoms with Crippen LogP contribution >= 0.6 is 11.3 Å². The van der Waals surface area contributed by atoms with E-state index >= 15 is 0 Å². The van der Waals surface area contributed by atoms with Gasteiger partial charge in [-0.2, -0.15) is 0 Å². The summed E-state index contributed by atoms with van der Waals surface area (Å²) in [5, 5.41) is 2.01. The second-order valence-electron chi connectivity index (χ2n) is 4.47. The van der Waals surface area contributed by atoms with Crippen LogP contribution in [0, 0.1) is 18.6 Å². The topological polar surface area (TPSA) is 17.3 Å². The van der Waals surface area contributed by atoms with Gasteiger partial charge in [-0.3, -0.25) is 0 Å². The van der Waals surface area contributed by atoms with Crippen molar-refractivity contribution < 1.29 is 8.78 Å². The van der Waals surface area contributed by atoms with E-state index in [0.29, 0.717) is 6.04 Å². The van der Waals surface area contributed by atoms with Crippen LogP contribution in [0.4, 0.5) is 14.5 Å². The molecule has 1 aromatic carbocycles. The van der Waals surface area contributed by atoms with E-state index in [0.717, 1.165) is 29.4 Å². The van der Waals surface area contributed by atoms with Crippen LogP contribution in [-0.2, 0) is 0 Å². The maximum atomic E-state index is 13.6. The molecule has 1 heterocycles. The summed E-state index contributed by atoms with van der Waals surface area (Å²) in [5.74, 6) is -1.20. The molecule has 2 aromatic rings. The van der Waals surface area contributed by atoms with Gasteiger partial charge in [-0.15, -0.1) is 11.3 Å². The second-order valence-corrected chi connectivity index (χ2v) is 5.30. The van der Waals surface area contributed by atoms with Crippen molar-refractivity contribution in [1.29, 1.82) is 0 Å². The summed E-state index contributed by atoms with van der Waals surface area (Å²) in [5.41, 5.74) is 1.33. The van der Waals surface area contributed by atoms with E-state index < -0.39 is 11.6 Å². The van der Waals surface area contributed by atoms with Gasteiger partial charge in [0.15, 0.2) is 10.6 Å². The number of benzene rings is 1. The van der Waals surface area contributed by atoms with Crippen molar-refractivity contribution in [2.75, 3.05) is 0 Å². The quantitative estimate of drug-likeness (QED) is 0.788. The average Bonchev–Trinajstić information content (AvgIpc) is 3.08. The monoisotopic (exact) mass is 266 g/mol. The van der Waals surface area contributed by atoms with Gasteiger partial charge in [-0.1, -0.05) is 0 Å². The number of thiazole rings is 1. The second kappa shape index (κ2) is 4.31. The van der Waals surface area contributed by atoms with Crippen LogP contribution < -0.4 is 4.80 Å². The zero-order chi connectivity index (χ0) is 12.7. The van der Waals surface area contributed by atoms with E-state index in [4.69, 9.17) is 0 Å². The van der Waals surface area contributed by atoms with Gasteiger partial charge < -0.3 is 4.57 Å². The highest BCUT2D eigenvalue weighted by Crippen LogP contribution is 2.35. The first-order valence-electron chi connectivity index (χ1n) is 5.81. The highest BCUT2D eigenvalue weighted by Gasteiger charge is 2.25. The minimum atomic E-state index is -0.622. The van der Waals surface area contributed by atoms with E-state index in [1.165, 1.54) is 23.5 Å². The van der Waals surface area contributed by atoms with Crippen LogP contribution in [0.2, 0.25) is 0 Å². The summed E-state index contributed by atoms with van der Waals surface area (Å²) in [7, 11) is 0. The maximum Gasteiger partial charge on any atom is 0.190 e. The van der Waals surface area contributed by atoms with E-state index in [1.54, 1.807) is 0 Å². The first-order valence-corrected chi connectivity index (χ1v) is 6.69. The molecule has 0 saturated heterocycles. The fraction of sp³-hybridized carbons (Fsp3) is 0.308. The van der Waals surface area contributed by atoms with Crippen LogP contribution in [0.25, 0.3) is 0 Å². The van der Waals surface area contributed by atoms with Gasteiger partial charge in [0.05, 0.1) is 0 Å². The first-order chi connectivity index (χ1) is 8.65. The summed E-state index contributed by atoms with van der Waals surface area (Å²) in [6.45, 7) is 2.02. The van der Waals surface area contributed by atoms with Gasteiger partial charge >= 0.3 is 0 Å². The molecule has 2 nitrogen and oxygen atoms in total. The molecule has 3 rings (SSSR count). The van der Waals surface area contributed by atoms with Crippen LogP contribution in [-0.4, -0.2) is 4.57 Å². The van der Waals surface area contributed by atoms with Crippen LogP contribution in [0.3, 0.4) is 0 Å². The van der Waals surface area contributed by atoms with E-state index in [2.05, 4.69) is 9.56 Å². The Morgan fingerprint density at radius 3 is 2.78 bits per heavy atom. The zero-order valence-corrected chi connectivity index (χ0v) is 10.7. The highest BCUT2D eigenvalue weighted by molar-refractivity contribution is 7.07. The van der Waals surface area contributed by atoms with Gasteiger partial charge in [-0.25, -0.2) is 13.8 Å². The molecule has 0 amide bonds. The van der Waals surface area contributed by atoms with Crippen molar-refractivity contribution >= 4 is 17.0 Å². The van der Waals surface area contributed by atoms with Gasteiger partial charge in [0.1, 0.15) is 11.5 Å². The number of hydrogen-bond donors (Lipinski definition) is 0. The minimum Gasteiger partial charge on any atom is -0.318 e. The van der Waals surface area contributed by atoms with Gasteiger partial charge in [0, 0.05) is 23.2 Å². The molecule has 5 heteroatoms. The van der Waals surface area contributed by atoms with Crippen molar-refractivity contribution in [3.8, 4) is 0 Å². The largest absolute Gasteiger partial charge is 0.318 e. The van der Waals surface area contributed by atoms with Crippen molar-refractivity contribution in [2.24, 2.45) is 4.99 Å². The number of nitrogens with zero attached hydrogens (tertiary/aromatic N) is 2. The van der Waals surface area contributed by atoms with Gasteiger partial charge in [0.2, 0.25) is 0 Å². The molecule has 1 aliphatic rings. The number of aromatic nitrogens is 1. The summed E-state index contributed by atoms with van der Waals surface area (Å²) >= 11 is 1.49. The molecule has 0 radical (unpaired) electrons. The zero-order valence-electron chi connectivity index (χ0n) is 9.86. The van der Waals surface area contributed by atoms with Crippen LogP contribution in [0.15, 0.2) is 28.6 Å². The predicted octanol–water partition coefficient (Wildman–Crippen LogP) is 3.70. The molecular weight excluding hydrogens is 254 g/mol. The molecule has 0 unspecified atom stereocenters. The molecule has 1 aromatic heterocycles. The highest BCUT2D eigenvalue weighted by atomic mass is 32.1. The molecule has 0 atom stereocenters. The normalized spacial score (nSPS) is 16.3. The molecule has 0 N–H and O–H groups in total. The van der Waals surface area contributed by atoms with E-state index in [9.17, 15) is 8.78 Å². The van der Waals surface area contributed by atoms with Crippen molar-refractivity contribution in [2.45, 2.75) is 25.8 Å². The van der Waals surface area contributed by atoms with Crippen LogP contribution in [0.1, 0.15) is 24.6 Å². The standard InChI is InChI=1S/C13H12F2N2S/c1-8-7-18-13(17(8)10-3-4-10)16-12-5-2-9(14)6-11(12)15/h2,5-7,10H,3-4H2,1H3. The Labute approximate surface area is 107 Å².